The Kier molecular flexibility index (Phi) is 5.36. The van der Waals surface area contributed by atoms with Crippen molar-refractivity contribution in [1.29, 1.82) is 0 Å². The Hall–Kier alpha value is -3.93. The van der Waals surface area contributed by atoms with Gasteiger partial charge in [-0.1, -0.05) is 49.6 Å². The van der Waals surface area contributed by atoms with Crippen molar-refractivity contribution in [2.45, 2.75) is 50.6 Å². The molecule has 1 aliphatic carbocycles. The fourth-order valence-corrected chi connectivity index (χ4v) is 5.60. The number of aromatic carboxylic acids is 1. The Labute approximate surface area is 203 Å². The van der Waals surface area contributed by atoms with Gasteiger partial charge in [0.2, 0.25) is 0 Å². The number of carboxylic acid groups (broad SMARTS) is 1. The molecule has 176 valence electrons. The number of ketones is 1. The quantitative estimate of drug-likeness (QED) is 0.353. The normalized spacial score (nSPS) is 18.3. The molecule has 1 fully saturated rings. The Balaban J connectivity index is 1.44. The highest BCUT2D eigenvalue weighted by atomic mass is 16.4. The van der Waals surface area contributed by atoms with Crippen LogP contribution >= 0.6 is 0 Å². The number of imidazole rings is 1. The third kappa shape index (κ3) is 3.89. The zero-order valence-electron chi connectivity index (χ0n) is 19.4. The van der Waals surface area contributed by atoms with E-state index in [4.69, 9.17) is 4.98 Å². The molecule has 2 N–H and O–H groups in total. The lowest BCUT2D eigenvalue weighted by Crippen LogP contribution is -2.23. The van der Waals surface area contributed by atoms with Gasteiger partial charge in [0.05, 0.1) is 22.6 Å². The maximum atomic E-state index is 13.2. The SMILES string of the molecule is O=C(O)c1ccc2c(c1)nc(-c1ccc3c(c1)C(=O)CC(c1ccccc1)N3)n2C1CCCCC1. The van der Waals surface area contributed by atoms with Crippen LogP contribution in [0.4, 0.5) is 5.69 Å². The highest BCUT2D eigenvalue weighted by Crippen LogP contribution is 2.39. The lowest BCUT2D eigenvalue weighted by Gasteiger charge is -2.28. The van der Waals surface area contributed by atoms with Crippen molar-refractivity contribution in [1.82, 2.24) is 9.55 Å². The molecule has 2 aliphatic rings. The molecular formula is C29H27N3O3. The Morgan fingerprint density at radius 1 is 0.971 bits per heavy atom. The van der Waals surface area contributed by atoms with Crippen LogP contribution in [0.1, 0.15) is 76.9 Å². The zero-order chi connectivity index (χ0) is 23.9. The van der Waals surface area contributed by atoms with Gasteiger partial charge in [-0.15, -0.1) is 0 Å². The van der Waals surface area contributed by atoms with Crippen LogP contribution in [0.2, 0.25) is 0 Å². The van der Waals surface area contributed by atoms with Crippen LogP contribution < -0.4 is 5.32 Å². The van der Waals surface area contributed by atoms with Crippen molar-refractivity contribution >= 4 is 28.5 Å². The van der Waals surface area contributed by atoms with E-state index < -0.39 is 5.97 Å². The van der Waals surface area contributed by atoms with Crippen LogP contribution in [0, 0.1) is 0 Å². The number of rotatable bonds is 4. The molecule has 0 spiro atoms. The maximum Gasteiger partial charge on any atom is 0.335 e. The van der Waals surface area contributed by atoms with E-state index in [2.05, 4.69) is 9.88 Å². The van der Waals surface area contributed by atoms with Crippen molar-refractivity contribution in [2.24, 2.45) is 0 Å². The van der Waals surface area contributed by atoms with Crippen molar-refractivity contribution in [3.05, 3.63) is 83.4 Å². The van der Waals surface area contributed by atoms with Gasteiger partial charge in [-0.25, -0.2) is 9.78 Å². The third-order valence-electron chi connectivity index (χ3n) is 7.38. The van der Waals surface area contributed by atoms with Crippen molar-refractivity contribution < 1.29 is 14.7 Å². The number of nitrogens with zero attached hydrogens (tertiary/aromatic N) is 2. The number of Topliss-reactive ketones (excluding diaryl/α,β-unsaturated/α-hetero) is 1. The molecule has 3 aromatic carbocycles. The van der Waals surface area contributed by atoms with E-state index in [0.29, 0.717) is 23.5 Å². The van der Waals surface area contributed by atoms with Crippen LogP contribution in [0.15, 0.2) is 66.7 Å². The van der Waals surface area contributed by atoms with Crippen molar-refractivity contribution in [2.75, 3.05) is 5.32 Å². The highest BCUT2D eigenvalue weighted by Gasteiger charge is 2.28. The van der Waals surface area contributed by atoms with Gasteiger partial charge in [0.25, 0.3) is 0 Å². The molecule has 1 saturated carbocycles. The molecule has 0 bridgehead atoms. The van der Waals surface area contributed by atoms with Crippen LogP contribution in [0.5, 0.6) is 0 Å². The molecule has 0 amide bonds. The fraction of sp³-hybridized carbons (Fsp3) is 0.276. The molecule has 1 atom stereocenters. The predicted molar refractivity (Wildman–Crippen MR) is 136 cm³/mol. The summed E-state index contributed by atoms with van der Waals surface area (Å²) in [5, 5.41) is 13.0. The molecule has 4 aromatic rings. The summed E-state index contributed by atoms with van der Waals surface area (Å²) in [5.74, 6) is -0.0442. The van der Waals surface area contributed by atoms with E-state index >= 15 is 0 Å². The van der Waals surface area contributed by atoms with E-state index in [0.717, 1.165) is 41.0 Å². The molecule has 1 aliphatic heterocycles. The number of nitrogens with one attached hydrogen (secondary N) is 1. The van der Waals surface area contributed by atoms with E-state index in [1.807, 2.05) is 54.6 Å². The molecular weight excluding hydrogens is 438 g/mol. The lowest BCUT2D eigenvalue weighted by atomic mass is 9.91. The second kappa shape index (κ2) is 8.69. The molecule has 6 rings (SSSR count). The predicted octanol–water partition coefficient (Wildman–Crippen LogP) is 6.65. The Morgan fingerprint density at radius 3 is 2.54 bits per heavy atom. The lowest BCUT2D eigenvalue weighted by molar-refractivity contribution is 0.0696. The number of carboxylic acids is 1. The van der Waals surface area contributed by atoms with Crippen molar-refractivity contribution in [3.63, 3.8) is 0 Å². The summed E-state index contributed by atoms with van der Waals surface area (Å²) in [6, 6.07) is 21.4. The van der Waals surface area contributed by atoms with Gasteiger partial charge in [0, 0.05) is 29.3 Å². The van der Waals surface area contributed by atoms with Gasteiger partial charge >= 0.3 is 5.97 Å². The van der Waals surface area contributed by atoms with Gasteiger partial charge in [0.1, 0.15) is 5.82 Å². The minimum Gasteiger partial charge on any atom is -0.478 e. The summed E-state index contributed by atoms with van der Waals surface area (Å²) < 4.78 is 2.27. The van der Waals surface area contributed by atoms with Crippen LogP contribution in [-0.4, -0.2) is 26.4 Å². The number of carbonyl (C=O) groups is 2. The number of carbonyl (C=O) groups excluding carboxylic acids is 1. The van der Waals surface area contributed by atoms with Crippen LogP contribution in [0.25, 0.3) is 22.4 Å². The van der Waals surface area contributed by atoms with E-state index in [-0.39, 0.29) is 17.4 Å². The number of hydrogen-bond donors (Lipinski definition) is 2. The van der Waals surface area contributed by atoms with Crippen LogP contribution in [-0.2, 0) is 0 Å². The standard InChI is InChI=1S/C29H27N3O3/c33-27-17-24(18-7-3-1-4-8-18)30-23-13-11-19(15-22(23)27)28-31-25-16-20(29(34)35)12-14-26(25)32(28)21-9-5-2-6-10-21/h1,3-4,7-8,11-16,21,24,30H,2,5-6,9-10,17H2,(H,34,35). The molecule has 0 saturated heterocycles. The molecule has 6 nitrogen and oxygen atoms in total. The van der Waals surface area contributed by atoms with Gasteiger partial charge in [0.15, 0.2) is 5.78 Å². The summed E-state index contributed by atoms with van der Waals surface area (Å²) in [7, 11) is 0. The first kappa shape index (κ1) is 21.6. The minimum absolute atomic E-state index is 0.0386. The van der Waals surface area contributed by atoms with Gasteiger partial charge < -0.3 is 15.0 Å². The first-order chi connectivity index (χ1) is 17.1. The average molecular weight is 466 g/mol. The van der Waals surface area contributed by atoms with E-state index in [1.54, 1.807) is 12.1 Å². The van der Waals surface area contributed by atoms with Gasteiger partial charge in [-0.05, 0) is 54.8 Å². The number of fused-ring (bicyclic) bond motifs is 2. The largest absolute Gasteiger partial charge is 0.478 e. The van der Waals surface area contributed by atoms with E-state index in [1.165, 1.54) is 19.3 Å². The summed E-state index contributed by atoms with van der Waals surface area (Å²) in [6.45, 7) is 0. The number of aromatic nitrogens is 2. The summed E-state index contributed by atoms with van der Waals surface area (Å²) in [4.78, 5) is 29.7. The Morgan fingerprint density at radius 2 is 1.77 bits per heavy atom. The topological polar surface area (TPSA) is 84.2 Å². The molecule has 6 heteroatoms. The van der Waals surface area contributed by atoms with Crippen LogP contribution in [0.3, 0.4) is 0 Å². The number of hydrogen-bond acceptors (Lipinski definition) is 4. The zero-order valence-corrected chi connectivity index (χ0v) is 19.4. The third-order valence-corrected chi connectivity index (χ3v) is 7.38. The van der Waals surface area contributed by atoms with Crippen molar-refractivity contribution in [3.8, 4) is 11.4 Å². The maximum absolute atomic E-state index is 13.2. The summed E-state index contributed by atoms with van der Waals surface area (Å²) in [6.07, 6.45) is 6.13. The molecule has 2 heterocycles. The molecule has 0 radical (unpaired) electrons. The van der Waals surface area contributed by atoms with Gasteiger partial charge in [-0.2, -0.15) is 0 Å². The summed E-state index contributed by atoms with van der Waals surface area (Å²) in [5.41, 5.74) is 5.37. The average Bonchev–Trinajstić information content (AvgIpc) is 3.28. The smallest absolute Gasteiger partial charge is 0.335 e. The fourth-order valence-electron chi connectivity index (χ4n) is 5.60. The second-order valence-electron chi connectivity index (χ2n) is 9.60. The van der Waals surface area contributed by atoms with Gasteiger partial charge in [-0.3, -0.25) is 4.79 Å². The monoisotopic (exact) mass is 465 g/mol. The number of benzene rings is 3. The molecule has 1 aromatic heterocycles. The minimum atomic E-state index is -0.959. The number of anilines is 1. The highest BCUT2D eigenvalue weighted by molar-refractivity contribution is 6.04. The molecule has 35 heavy (non-hydrogen) atoms. The molecule has 1 unspecified atom stereocenters. The van der Waals surface area contributed by atoms with E-state index in [9.17, 15) is 14.7 Å². The first-order valence-corrected chi connectivity index (χ1v) is 12.3. The Bertz CT molecular complexity index is 1430. The second-order valence-corrected chi connectivity index (χ2v) is 9.60. The first-order valence-electron chi connectivity index (χ1n) is 12.3. The summed E-state index contributed by atoms with van der Waals surface area (Å²) >= 11 is 0.